The number of ether oxygens (including phenoxy) is 3. The van der Waals surface area contributed by atoms with Gasteiger partial charge in [0, 0.05) is 5.02 Å². The van der Waals surface area contributed by atoms with Crippen LogP contribution in [0.2, 0.25) is 5.02 Å². The monoisotopic (exact) mass is 439 g/mol. The summed E-state index contributed by atoms with van der Waals surface area (Å²) in [6.45, 7) is 2.36. The first-order chi connectivity index (χ1) is 15.0. The molecular formula is C25H26ClNO4. The molecule has 1 N–H and O–H groups in total. The van der Waals surface area contributed by atoms with Crippen LogP contribution in [0.1, 0.15) is 40.9 Å². The van der Waals surface area contributed by atoms with E-state index in [-0.39, 0.29) is 11.9 Å². The molecule has 31 heavy (non-hydrogen) atoms. The Hall–Kier alpha value is -3.18. The van der Waals surface area contributed by atoms with Crippen molar-refractivity contribution in [3.63, 3.8) is 0 Å². The summed E-state index contributed by atoms with van der Waals surface area (Å²) >= 11 is 6.17. The molecule has 3 aromatic carbocycles. The van der Waals surface area contributed by atoms with Crippen LogP contribution in [0, 0.1) is 0 Å². The van der Waals surface area contributed by atoms with Gasteiger partial charge in [0.05, 0.1) is 25.8 Å². The standard InChI is InChI=1S/C25H26ClNO4/c1-4-21(18-10-12-23(29-2)24(14-18)30-3)27-25(28)20-15-19(26)11-13-22(20)31-16-17-8-6-5-7-9-17/h5-15,21H,4,16H2,1-3H3,(H,27,28)/t21-/m0/s1. The minimum absolute atomic E-state index is 0.215. The van der Waals surface area contributed by atoms with Crippen molar-refractivity contribution in [3.8, 4) is 17.2 Å². The largest absolute Gasteiger partial charge is 0.493 e. The summed E-state index contributed by atoms with van der Waals surface area (Å²) in [7, 11) is 3.18. The zero-order valence-corrected chi connectivity index (χ0v) is 18.6. The zero-order valence-electron chi connectivity index (χ0n) is 17.9. The molecule has 0 saturated carbocycles. The van der Waals surface area contributed by atoms with E-state index in [1.54, 1.807) is 32.4 Å². The zero-order chi connectivity index (χ0) is 22.2. The molecule has 0 aliphatic carbocycles. The molecule has 0 bridgehead atoms. The van der Waals surface area contributed by atoms with Crippen molar-refractivity contribution in [1.82, 2.24) is 5.32 Å². The van der Waals surface area contributed by atoms with Crippen molar-refractivity contribution in [2.45, 2.75) is 26.0 Å². The van der Waals surface area contributed by atoms with Crippen molar-refractivity contribution in [2.24, 2.45) is 0 Å². The highest BCUT2D eigenvalue weighted by Gasteiger charge is 2.19. The molecule has 0 heterocycles. The van der Waals surface area contributed by atoms with E-state index in [1.165, 1.54) is 0 Å². The number of nitrogens with one attached hydrogen (secondary N) is 1. The van der Waals surface area contributed by atoms with E-state index < -0.39 is 0 Å². The lowest BCUT2D eigenvalue weighted by Crippen LogP contribution is -2.28. The van der Waals surface area contributed by atoms with Crippen molar-refractivity contribution >= 4 is 17.5 Å². The lowest BCUT2D eigenvalue weighted by atomic mass is 10.0. The Morgan fingerprint density at radius 3 is 2.32 bits per heavy atom. The number of rotatable bonds is 9. The highest BCUT2D eigenvalue weighted by molar-refractivity contribution is 6.31. The van der Waals surface area contributed by atoms with Gasteiger partial charge >= 0.3 is 0 Å². The van der Waals surface area contributed by atoms with Gasteiger partial charge < -0.3 is 19.5 Å². The van der Waals surface area contributed by atoms with E-state index in [1.807, 2.05) is 55.5 Å². The Bertz CT molecular complexity index is 1020. The Morgan fingerprint density at radius 2 is 1.65 bits per heavy atom. The Labute approximate surface area is 187 Å². The predicted octanol–water partition coefficient (Wildman–Crippen LogP) is 5.82. The quantitative estimate of drug-likeness (QED) is 0.456. The minimum atomic E-state index is -0.257. The molecule has 0 radical (unpaired) electrons. The first kappa shape index (κ1) is 22.5. The fraction of sp³-hybridized carbons (Fsp3) is 0.240. The van der Waals surface area contributed by atoms with Gasteiger partial charge in [0.1, 0.15) is 12.4 Å². The van der Waals surface area contributed by atoms with Crippen LogP contribution < -0.4 is 19.5 Å². The minimum Gasteiger partial charge on any atom is -0.493 e. The second-order valence-electron chi connectivity index (χ2n) is 6.96. The smallest absolute Gasteiger partial charge is 0.255 e. The maximum atomic E-state index is 13.1. The van der Waals surface area contributed by atoms with Crippen molar-refractivity contribution in [1.29, 1.82) is 0 Å². The van der Waals surface area contributed by atoms with Gasteiger partial charge in [-0.25, -0.2) is 0 Å². The highest BCUT2D eigenvalue weighted by atomic mass is 35.5. The van der Waals surface area contributed by atoms with E-state index in [4.69, 9.17) is 25.8 Å². The molecular weight excluding hydrogens is 414 g/mol. The summed E-state index contributed by atoms with van der Waals surface area (Å²) in [4.78, 5) is 13.1. The third-order valence-electron chi connectivity index (χ3n) is 4.95. The second-order valence-corrected chi connectivity index (χ2v) is 7.40. The number of benzene rings is 3. The lowest BCUT2D eigenvalue weighted by molar-refractivity contribution is 0.0931. The molecule has 0 saturated heterocycles. The van der Waals surface area contributed by atoms with Gasteiger partial charge in [0.2, 0.25) is 0 Å². The lowest BCUT2D eigenvalue weighted by Gasteiger charge is -2.20. The molecule has 162 valence electrons. The van der Waals surface area contributed by atoms with Gasteiger partial charge in [-0.05, 0) is 47.9 Å². The van der Waals surface area contributed by atoms with Gasteiger partial charge in [-0.1, -0.05) is 54.9 Å². The number of hydrogen-bond acceptors (Lipinski definition) is 4. The van der Waals surface area contributed by atoms with E-state index in [0.717, 1.165) is 11.1 Å². The van der Waals surface area contributed by atoms with E-state index >= 15 is 0 Å². The van der Waals surface area contributed by atoms with Crippen molar-refractivity contribution < 1.29 is 19.0 Å². The maximum absolute atomic E-state index is 13.1. The Morgan fingerprint density at radius 1 is 0.935 bits per heavy atom. The normalized spacial score (nSPS) is 11.5. The molecule has 0 fully saturated rings. The van der Waals surface area contributed by atoms with Gasteiger partial charge in [-0.15, -0.1) is 0 Å². The van der Waals surface area contributed by atoms with E-state index in [2.05, 4.69) is 5.32 Å². The second kappa shape index (κ2) is 10.7. The van der Waals surface area contributed by atoms with Crippen molar-refractivity contribution in [2.75, 3.05) is 14.2 Å². The van der Waals surface area contributed by atoms with Crippen LogP contribution in [0.4, 0.5) is 0 Å². The number of carbonyl (C=O) groups is 1. The van der Waals surface area contributed by atoms with Crippen LogP contribution in [0.25, 0.3) is 0 Å². The molecule has 1 atom stereocenters. The molecule has 6 heteroatoms. The average molecular weight is 440 g/mol. The highest BCUT2D eigenvalue weighted by Crippen LogP contribution is 2.31. The van der Waals surface area contributed by atoms with E-state index in [0.29, 0.717) is 40.9 Å². The van der Waals surface area contributed by atoms with Crippen LogP contribution in [0.3, 0.4) is 0 Å². The molecule has 0 spiro atoms. The third-order valence-corrected chi connectivity index (χ3v) is 5.18. The van der Waals surface area contributed by atoms with Crippen LogP contribution in [0.5, 0.6) is 17.2 Å². The van der Waals surface area contributed by atoms with Crippen LogP contribution >= 0.6 is 11.6 Å². The van der Waals surface area contributed by atoms with Gasteiger partial charge in [-0.3, -0.25) is 4.79 Å². The average Bonchev–Trinajstić information content (AvgIpc) is 2.81. The molecule has 0 unspecified atom stereocenters. The fourth-order valence-corrected chi connectivity index (χ4v) is 3.44. The van der Waals surface area contributed by atoms with Crippen molar-refractivity contribution in [3.05, 3.63) is 88.4 Å². The van der Waals surface area contributed by atoms with Gasteiger partial charge in [-0.2, -0.15) is 0 Å². The van der Waals surface area contributed by atoms with E-state index in [9.17, 15) is 4.79 Å². The summed E-state index contributed by atoms with van der Waals surface area (Å²) in [5, 5.41) is 3.55. The summed E-state index contributed by atoms with van der Waals surface area (Å²) in [6.07, 6.45) is 0.696. The molecule has 3 rings (SSSR count). The molecule has 0 aliphatic rings. The topological polar surface area (TPSA) is 56.8 Å². The summed E-state index contributed by atoms with van der Waals surface area (Å²) in [5.41, 5.74) is 2.32. The van der Waals surface area contributed by atoms with Gasteiger partial charge in [0.15, 0.2) is 11.5 Å². The first-order valence-corrected chi connectivity index (χ1v) is 10.4. The number of halogens is 1. The Balaban J connectivity index is 1.80. The number of carbonyl (C=O) groups excluding carboxylic acids is 1. The molecule has 1 amide bonds. The molecule has 0 aromatic heterocycles. The summed E-state index contributed by atoms with van der Waals surface area (Å²) in [5.74, 6) is 1.47. The third kappa shape index (κ3) is 5.70. The maximum Gasteiger partial charge on any atom is 0.255 e. The number of hydrogen-bond donors (Lipinski definition) is 1. The molecule has 3 aromatic rings. The fourth-order valence-electron chi connectivity index (χ4n) is 3.27. The number of methoxy groups -OCH3 is 2. The summed E-state index contributed by atoms with van der Waals surface area (Å²) < 4.78 is 16.6. The molecule has 5 nitrogen and oxygen atoms in total. The Kier molecular flexibility index (Phi) is 7.79. The molecule has 0 aliphatic heterocycles. The number of amides is 1. The summed E-state index contributed by atoms with van der Waals surface area (Å²) in [6, 6.07) is 20.2. The van der Waals surface area contributed by atoms with Crippen LogP contribution in [0.15, 0.2) is 66.7 Å². The predicted molar refractivity (Wildman–Crippen MR) is 122 cm³/mol. The van der Waals surface area contributed by atoms with Crippen LogP contribution in [-0.2, 0) is 6.61 Å². The SMILES string of the molecule is CC[C@H](NC(=O)c1cc(Cl)ccc1OCc1ccccc1)c1ccc(OC)c(OC)c1. The van der Waals surface area contributed by atoms with Crippen LogP contribution in [-0.4, -0.2) is 20.1 Å². The van der Waals surface area contributed by atoms with Gasteiger partial charge in [0.25, 0.3) is 5.91 Å². The first-order valence-electron chi connectivity index (χ1n) is 10.0.